The van der Waals surface area contributed by atoms with Crippen molar-refractivity contribution in [3.05, 3.63) is 58.2 Å². The summed E-state index contributed by atoms with van der Waals surface area (Å²) in [6.45, 7) is 5.41. The quantitative estimate of drug-likeness (QED) is 0.130. The molecule has 0 saturated heterocycles. The van der Waals surface area contributed by atoms with Gasteiger partial charge in [-0.1, -0.05) is 0 Å². The van der Waals surface area contributed by atoms with E-state index >= 15 is 0 Å². The average molecular weight is 720 g/mol. The van der Waals surface area contributed by atoms with Crippen molar-refractivity contribution in [1.82, 2.24) is 9.31 Å². The van der Waals surface area contributed by atoms with Crippen molar-refractivity contribution in [1.29, 1.82) is 0 Å². The smallest absolute Gasteiger partial charge is 0.333 e. The van der Waals surface area contributed by atoms with Crippen LogP contribution in [0.5, 0.6) is 23.3 Å². The fraction of sp³-hybridized carbons (Fsp3) is 0.469. The van der Waals surface area contributed by atoms with Gasteiger partial charge < -0.3 is 24.7 Å². The minimum atomic E-state index is -4.33. The first kappa shape index (κ1) is 34.7. The molecule has 6 rings (SSSR count). The van der Waals surface area contributed by atoms with Crippen molar-refractivity contribution in [2.45, 2.75) is 63.8 Å². The van der Waals surface area contributed by atoms with E-state index in [2.05, 4.69) is 9.48 Å². The molecule has 0 aliphatic carbocycles. The van der Waals surface area contributed by atoms with E-state index < -0.39 is 55.2 Å². The Bertz CT molecular complexity index is 2140. The number of rotatable bonds is 11. The molecule has 0 saturated carbocycles. The second-order valence-electron chi connectivity index (χ2n) is 13.3. The first-order valence-electron chi connectivity index (χ1n) is 16.0. The van der Waals surface area contributed by atoms with Gasteiger partial charge in [0, 0.05) is 66.7 Å². The highest BCUT2D eigenvalue weighted by Gasteiger charge is 2.40. The standard InChI is InChI=1S/C32H38N4O11S2/c1-32(2)18-21(19-49(43,44)45)22-15-24-28(17-26(22)35(32)12-4-7-31(39)47-36-29(37)8-9-30(36)38)46-27-16-25-20(14-23(27)33-24)6-3-10-34(25)11-5-13-48(40,41)42/h8-9,14-17,21,33H,3-7,10-13,18-19H2,1-2H3,(H2,40,41,42,43,44,45)/p+1. The molecule has 15 nitrogen and oxygen atoms in total. The Hall–Kier alpha value is -4.19. The topological polar surface area (TPSA) is 208 Å². The number of fused-ring (bicyclic) bond motifs is 4. The van der Waals surface area contributed by atoms with E-state index in [0.717, 1.165) is 30.3 Å². The minimum absolute atomic E-state index is 0.0522. The van der Waals surface area contributed by atoms with Gasteiger partial charge in [0.15, 0.2) is 11.5 Å². The summed E-state index contributed by atoms with van der Waals surface area (Å²) in [5.74, 6) is -1.96. The lowest BCUT2D eigenvalue weighted by atomic mass is 9.79. The van der Waals surface area contributed by atoms with Crippen LogP contribution in [-0.4, -0.2) is 83.5 Å². The van der Waals surface area contributed by atoms with Crippen LogP contribution in [0.25, 0.3) is 0 Å². The highest BCUT2D eigenvalue weighted by molar-refractivity contribution is 7.86. The molecule has 1 unspecified atom stereocenters. The van der Waals surface area contributed by atoms with Gasteiger partial charge in [-0.15, -0.1) is 4.73 Å². The van der Waals surface area contributed by atoms with Crippen LogP contribution in [0, 0.1) is 0 Å². The van der Waals surface area contributed by atoms with Crippen molar-refractivity contribution in [3.8, 4) is 23.3 Å². The molecule has 0 spiro atoms. The van der Waals surface area contributed by atoms with Gasteiger partial charge >= 0.3 is 5.97 Å². The lowest BCUT2D eigenvalue weighted by molar-refractivity contribution is -0.145. The summed E-state index contributed by atoms with van der Waals surface area (Å²) in [6, 6.07) is 9.79. The van der Waals surface area contributed by atoms with E-state index in [1.807, 2.05) is 26.0 Å². The first-order chi connectivity index (χ1) is 23.0. The molecule has 4 N–H and O–H groups in total. The molecule has 3 aromatic rings. The summed E-state index contributed by atoms with van der Waals surface area (Å²) in [5, 5.41) is 21.1. The number of carbonyl (C=O) groups is 1. The minimum Gasteiger partial charge on any atom is -0.492 e. The van der Waals surface area contributed by atoms with Gasteiger partial charge in [0.05, 0.1) is 17.6 Å². The van der Waals surface area contributed by atoms with Crippen LogP contribution >= 0.6 is 0 Å². The van der Waals surface area contributed by atoms with Gasteiger partial charge in [0.1, 0.15) is 24.1 Å². The molecule has 0 fully saturated rings. The van der Waals surface area contributed by atoms with Crippen LogP contribution in [-0.2, 0) is 31.5 Å². The highest BCUT2D eigenvalue weighted by Crippen LogP contribution is 2.49. The van der Waals surface area contributed by atoms with Crippen molar-refractivity contribution < 1.29 is 50.5 Å². The summed E-state index contributed by atoms with van der Waals surface area (Å²) in [5.41, 5.74) is 2.26. The number of carbonyl (C=O) groups excluding carboxylic acids is 1. The summed E-state index contributed by atoms with van der Waals surface area (Å²) >= 11 is 0. The molecule has 3 aliphatic rings. The van der Waals surface area contributed by atoms with Crippen LogP contribution in [0.3, 0.4) is 0 Å². The highest BCUT2D eigenvalue weighted by atomic mass is 32.2. The lowest BCUT2D eigenvalue weighted by Gasteiger charge is -2.48. The molecule has 4 heterocycles. The van der Waals surface area contributed by atoms with E-state index in [0.29, 0.717) is 64.5 Å². The summed E-state index contributed by atoms with van der Waals surface area (Å²) in [7, 11) is -8.40. The average Bonchev–Trinajstić information content (AvgIpc) is 3.30. The van der Waals surface area contributed by atoms with Gasteiger partial charge in [0.25, 0.3) is 20.2 Å². The van der Waals surface area contributed by atoms with E-state index in [1.165, 1.54) is 12.1 Å². The predicted octanol–water partition coefficient (Wildman–Crippen LogP) is 2.07. The van der Waals surface area contributed by atoms with Gasteiger partial charge in [-0.3, -0.25) is 9.11 Å². The molecule has 3 aliphatic heterocycles. The number of anilines is 1. The number of nitrogens with zero attached hydrogens (tertiary/aromatic N) is 4. The van der Waals surface area contributed by atoms with Gasteiger partial charge in [-0.05, 0) is 50.8 Å². The number of aryl methyl sites for hydroxylation is 1. The third-order valence-corrected chi connectivity index (χ3v) is 10.8. The Balaban J connectivity index is 1.32. The third kappa shape index (κ3) is 7.69. The molecular formula is C32H39N4O11S2+. The largest absolute Gasteiger partial charge is 0.492 e. The van der Waals surface area contributed by atoms with Gasteiger partial charge in [-0.25, -0.2) is 14.4 Å². The third-order valence-electron chi connectivity index (χ3n) is 9.15. The maximum absolute atomic E-state index is 12.6. The maximum Gasteiger partial charge on any atom is 0.333 e. The van der Waals surface area contributed by atoms with E-state index in [1.54, 1.807) is 12.1 Å². The number of hydrogen-bond acceptors (Lipinski definition) is 11. The first-order valence-corrected chi connectivity index (χ1v) is 19.2. The normalized spacial score (nSPS) is 18.0. The monoisotopic (exact) mass is 719 g/mol. The molecular weight excluding hydrogens is 681 g/mol. The van der Waals surface area contributed by atoms with E-state index in [4.69, 9.17) is 14.6 Å². The molecule has 0 radical (unpaired) electrons. The van der Waals surface area contributed by atoms with Crippen LogP contribution in [0.1, 0.15) is 63.0 Å². The zero-order chi connectivity index (χ0) is 35.3. The molecule has 0 amide bonds. The van der Waals surface area contributed by atoms with Crippen molar-refractivity contribution in [2.24, 2.45) is 4.99 Å². The number of hydrogen-bond donors (Lipinski definition) is 4. The number of aromatic hydroxyl groups is 2. The van der Waals surface area contributed by atoms with Crippen LogP contribution in [0.2, 0.25) is 0 Å². The Kier molecular flexibility index (Phi) is 9.15. The van der Waals surface area contributed by atoms with Gasteiger partial charge in [-0.2, -0.15) is 16.8 Å². The Labute approximate surface area is 283 Å². The molecule has 17 heteroatoms. The summed E-state index contributed by atoms with van der Waals surface area (Å²) < 4.78 is 74.9. The molecule has 2 aromatic carbocycles. The molecule has 1 aromatic heterocycles. The fourth-order valence-electron chi connectivity index (χ4n) is 7.07. The van der Waals surface area contributed by atoms with Crippen LogP contribution < -0.4 is 29.8 Å². The van der Waals surface area contributed by atoms with E-state index in [9.17, 15) is 40.9 Å². The number of benzene rings is 2. The zero-order valence-electron chi connectivity index (χ0n) is 27.1. The summed E-state index contributed by atoms with van der Waals surface area (Å²) in [4.78, 5) is 24.6. The fourth-order valence-corrected chi connectivity index (χ4v) is 8.37. The van der Waals surface area contributed by atoms with Crippen molar-refractivity contribution in [2.75, 3.05) is 36.0 Å². The SMILES string of the molecule is CC1(C)CC(CS(=O)(=O)O)c2cc3c(cc2N1CCCC(=O)On1c(O)ccc1O)Oc1cc2c(cc1=N3)CCC[N+]=2CCCS(=O)(=O)O. The maximum atomic E-state index is 12.6. The Morgan fingerprint density at radius 3 is 2.47 bits per heavy atom. The predicted molar refractivity (Wildman–Crippen MR) is 178 cm³/mol. The second kappa shape index (κ2) is 12.9. The number of ether oxygens (including phenoxy) is 1. The van der Waals surface area contributed by atoms with Crippen LogP contribution in [0.15, 0.2) is 41.4 Å². The Morgan fingerprint density at radius 2 is 1.78 bits per heavy atom. The summed E-state index contributed by atoms with van der Waals surface area (Å²) in [6.07, 6.45) is 2.57. The van der Waals surface area contributed by atoms with E-state index in [-0.39, 0.29) is 18.6 Å². The lowest BCUT2D eigenvalue weighted by Crippen LogP contribution is -2.50. The van der Waals surface area contributed by atoms with Crippen LogP contribution in [0.4, 0.5) is 11.4 Å². The molecule has 264 valence electrons. The van der Waals surface area contributed by atoms with Crippen molar-refractivity contribution >= 4 is 37.6 Å². The molecule has 0 bridgehead atoms. The van der Waals surface area contributed by atoms with Crippen molar-refractivity contribution in [3.63, 3.8) is 0 Å². The number of aromatic nitrogens is 1. The molecule has 49 heavy (non-hydrogen) atoms. The molecule has 1 atom stereocenters. The zero-order valence-corrected chi connectivity index (χ0v) is 28.7. The second-order valence-corrected chi connectivity index (χ2v) is 16.4. The Morgan fingerprint density at radius 1 is 1.04 bits per heavy atom. The van der Waals surface area contributed by atoms with Gasteiger partial charge in [0.2, 0.25) is 17.1 Å².